The Labute approximate surface area is 241 Å². The summed E-state index contributed by atoms with van der Waals surface area (Å²) in [5, 5.41) is 21.9. The minimum atomic E-state index is -4.75. The van der Waals surface area contributed by atoms with Gasteiger partial charge in [-0.15, -0.1) is 11.8 Å². The zero-order valence-electron chi connectivity index (χ0n) is 22.7. The lowest BCUT2D eigenvalue weighted by Crippen LogP contribution is -2.64. The van der Waals surface area contributed by atoms with Gasteiger partial charge in [0, 0.05) is 17.8 Å². The summed E-state index contributed by atoms with van der Waals surface area (Å²) in [5.41, 5.74) is -3.31. The van der Waals surface area contributed by atoms with E-state index < -0.39 is 55.0 Å². The molecule has 2 aliphatic heterocycles. The number of aliphatic hydroxyl groups excluding tert-OH is 1. The van der Waals surface area contributed by atoms with Gasteiger partial charge in [-0.3, -0.25) is 10.1 Å². The van der Waals surface area contributed by atoms with E-state index >= 15 is 0 Å². The fraction of sp³-hybridized carbons (Fsp3) is 0.444. The predicted molar refractivity (Wildman–Crippen MR) is 150 cm³/mol. The van der Waals surface area contributed by atoms with Gasteiger partial charge in [0.2, 0.25) is 5.54 Å². The molecule has 11 nitrogen and oxygen atoms in total. The highest BCUT2D eigenvalue weighted by atomic mass is 32.2. The van der Waals surface area contributed by atoms with Crippen LogP contribution in [0.1, 0.15) is 33.6 Å². The van der Waals surface area contributed by atoms with E-state index in [4.69, 9.17) is 4.74 Å². The zero-order valence-corrected chi connectivity index (χ0v) is 24.4. The van der Waals surface area contributed by atoms with Crippen molar-refractivity contribution in [2.24, 2.45) is 0 Å². The molecule has 0 spiro atoms. The van der Waals surface area contributed by atoms with Crippen LogP contribution in [0.25, 0.3) is 0 Å². The molecule has 41 heavy (non-hydrogen) atoms. The van der Waals surface area contributed by atoms with Crippen molar-refractivity contribution in [2.45, 2.75) is 61.0 Å². The molecule has 1 unspecified atom stereocenters. The van der Waals surface area contributed by atoms with E-state index in [0.717, 1.165) is 31.2 Å². The van der Waals surface area contributed by atoms with E-state index in [1.807, 2.05) is 13.8 Å². The molecule has 2 heterocycles. The summed E-state index contributed by atoms with van der Waals surface area (Å²) >= 11 is 1.17. The van der Waals surface area contributed by atoms with Crippen LogP contribution in [0.3, 0.4) is 0 Å². The molecular formula is C27H32FN3O8S2. The maximum Gasteiger partial charge on any atom is 0.415 e. The molecule has 2 aromatic carbocycles. The molecule has 0 aromatic heterocycles. The average Bonchev–Trinajstić information content (AvgIpc) is 3.55. The highest BCUT2D eigenvalue weighted by molar-refractivity contribution is 8.01. The van der Waals surface area contributed by atoms with Gasteiger partial charge in [-0.25, -0.2) is 26.7 Å². The standard InChI is InChI=1S/C27H32FN3O8S2/c1-26(2)16-40-23(29-26)22(33)27(3,24(34)35)31(41(37,38)21-12-6-17(28)7-13-21)18-8-10-20(11-9-18)39-25(36)30-14-4-5-19(30)15-32/h6-13,19,23,29,32H,4-5,14-16H2,1-3H3,(H,34,35)/t19?,23-,27+/m0/s1. The lowest BCUT2D eigenvalue weighted by atomic mass is 9.94. The molecule has 4 rings (SSSR count). The van der Waals surface area contributed by atoms with Gasteiger partial charge in [-0.05, 0) is 82.1 Å². The third-order valence-corrected chi connectivity index (χ3v) is 10.6. The Kier molecular flexibility index (Phi) is 8.69. The number of ketones is 1. The van der Waals surface area contributed by atoms with Crippen LogP contribution < -0.4 is 14.4 Å². The Morgan fingerprint density at radius 3 is 2.34 bits per heavy atom. The lowest BCUT2D eigenvalue weighted by Gasteiger charge is -2.38. The van der Waals surface area contributed by atoms with Crippen LogP contribution in [0, 0.1) is 5.82 Å². The molecule has 0 radical (unpaired) electrons. The van der Waals surface area contributed by atoms with E-state index in [9.17, 15) is 37.4 Å². The normalized spacial score (nSPS) is 21.7. The number of ether oxygens (including phenoxy) is 1. The molecule has 1 amide bonds. The van der Waals surface area contributed by atoms with Gasteiger partial charge in [0.25, 0.3) is 10.0 Å². The van der Waals surface area contributed by atoms with Gasteiger partial charge >= 0.3 is 12.1 Å². The molecule has 222 valence electrons. The largest absolute Gasteiger partial charge is 0.479 e. The quantitative estimate of drug-likeness (QED) is 0.362. The molecule has 0 bridgehead atoms. The number of nitrogens with one attached hydrogen (secondary N) is 1. The Bertz CT molecular complexity index is 1420. The number of sulfonamides is 1. The lowest BCUT2D eigenvalue weighted by molar-refractivity contribution is -0.147. The fourth-order valence-corrected chi connectivity index (χ4v) is 8.03. The molecule has 3 N–H and O–H groups in total. The minimum absolute atomic E-state index is 0.0413. The summed E-state index contributed by atoms with van der Waals surface area (Å²) in [6.45, 7) is 4.89. The van der Waals surface area contributed by atoms with Gasteiger partial charge in [-0.1, -0.05) is 0 Å². The number of benzene rings is 2. The molecule has 0 aliphatic carbocycles. The molecule has 14 heteroatoms. The number of aliphatic carboxylic acids is 1. The molecule has 2 aliphatic rings. The minimum Gasteiger partial charge on any atom is -0.479 e. The first-order chi connectivity index (χ1) is 19.2. The van der Waals surface area contributed by atoms with E-state index in [1.165, 1.54) is 40.9 Å². The number of halogens is 1. The molecule has 3 atom stereocenters. The maximum absolute atomic E-state index is 14.0. The number of carbonyl (C=O) groups is 3. The van der Waals surface area contributed by atoms with Crippen LogP contribution >= 0.6 is 11.8 Å². The number of Topliss-reactive ketones (excluding diaryl/α,β-unsaturated/α-hetero) is 1. The number of hydrogen-bond donors (Lipinski definition) is 3. The van der Waals surface area contributed by atoms with Crippen LogP contribution in [-0.4, -0.2) is 82.8 Å². The maximum atomic E-state index is 14.0. The van der Waals surface area contributed by atoms with Crippen molar-refractivity contribution in [2.75, 3.05) is 23.2 Å². The third-order valence-electron chi connectivity index (χ3n) is 7.12. The first kappa shape index (κ1) is 30.8. The second kappa shape index (κ2) is 11.6. The fourth-order valence-electron chi connectivity index (χ4n) is 4.84. The predicted octanol–water partition coefficient (Wildman–Crippen LogP) is 2.83. The summed E-state index contributed by atoms with van der Waals surface area (Å²) in [6, 6.07) is 8.46. The van der Waals surface area contributed by atoms with E-state index in [0.29, 0.717) is 29.4 Å². The molecule has 2 aromatic rings. The van der Waals surface area contributed by atoms with Crippen LogP contribution in [0.15, 0.2) is 53.4 Å². The Hall–Kier alpha value is -3.20. The average molecular weight is 610 g/mol. The Morgan fingerprint density at radius 2 is 1.80 bits per heavy atom. The van der Waals surface area contributed by atoms with Crippen molar-refractivity contribution in [1.29, 1.82) is 0 Å². The number of amides is 1. The highest BCUT2D eigenvalue weighted by Crippen LogP contribution is 2.38. The van der Waals surface area contributed by atoms with Gasteiger partial charge in [0.15, 0.2) is 5.78 Å². The second-order valence-electron chi connectivity index (χ2n) is 10.7. The number of likely N-dealkylation sites (tertiary alicyclic amines) is 1. The number of aliphatic hydroxyl groups is 1. The van der Waals surface area contributed by atoms with E-state index in [1.54, 1.807) is 0 Å². The van der Waals surface area contributed by atoms with Crippen molar-refractivity contribution < 1.29 is 42.1 Å². The number of rotatable bonds is 9. The molecular weight excluding hydrogens is 577 g/mol. The summed E-state index contributed by atoms with van der Waals surface area (Å²) in [6.07, 6.45) is 0.652. The van der Waals surface area contributed by atoms with Gasteiger partial charge in [0.1, 0.15) is 16.9 Å². The van der Waals surface area contributed by atoms with E-state index in [-0.39, 0.29) is 24.1 Å². The summed E-state index contributed by atoms with van der Waals surface area (Å²) < 4.78 is 47.5. The van der Waals surface area contributed by atoms with Crippen molar-refractivity contribution in [3.63, 3.8) is 0 Å². The number of carboxylic acids is 1. The summed E-state index contributed by atoms with van der Waals surface area (Å²) in [5.74, 6) is -2.78. The van der Waals surface area contributed by atoms with Crippen molar-refractivity contribution in [1.82, 2.24) is 10.2 Å². The summed E-state index contributed by atoms with van der Waals surface area (Å²) in [4.78, 5) is 40.3. The van der Waals surface area contributed by atoms with Crippen molar-refractivity contribution >= 4 is 45.3 Å². The van der Waals surface area contributed by atoms with E-state index in [2.05, 4.69) is 5.32 Å². The zero-order chi connectivity index (χ0) is 30.2. The number of anilines is 1. The number of hydrogen-bond acceptors (Lipinski definition) is 9. The number of carboxylic acid groups (broad SMARTS) is 1. The highest BCUT2D eigenvalue weighted by Gasteiger charge is 2.56. The van der Waals surface area contributed by atoms with Crippen LogP contribution in [-0.2, 0) is 19.6 Å². The number of carbonyl (C=O) groups excluding carboxylic acids is 2. The van der Waals surface area contributed by atoms with Crippen LogP contribution in [0.5, 0.6) is 5.75 Å². The smallest absolute Gasteiger partial charge is 0.415 e. The van der Waals surface area contributed by atoms with Crippen molar-refractivity contribution in [3.05, 3.63) is 54.3 Å². The van der Waals surface area contributed by atoms with Crippen molar-refractivity contribution in [3.8, 4) is 5.75 Å². The summed E-state index contributed by atoms with van der Waals surface area (Å²) in [7, 11) is -4.75. The van der Waals surface area contributed by atoms with Crippen LogP contribution in [0.4, 0.5) is 14.9 Å². The topological polar surface area (TPSA) is 154 Å². The van der Waals surface area contributed by atoms with Crippen LogP contribution in [0.2, 0.25) is 0 Å². The monoisotopic (exact) mass is 609 g/mol. The molecule has 2 saturated heterocycles. The molecule has 2 fully saturated rings. The SMILES string of the molecule is CC1(C)CS[C@@H](C(=O)[C@](C)(C(=O)O)N(c2ccc(OC(=O)N3CCCC3CO)cc2)S(=O)(=O)c2ccc(F)cc2)N1. The Balaban J connectivity index is 1.75. The Morgan fingerprint density at radius 1 is 1.17 bits per heavy atom. The number of thioether (sulfide) groups is 1. The third kappa shape index (κ3) is 6.05. The number of nitrogens with zero attached hydrogens (tertiary/aromatic N) is 2. The first-order valence-electron chi connectivity index (χ1n) is 12.9. The van der Waals surface area contributed by atoms with Gasteiger partial charge in [-0.2, -0.15) is 0 Å². The molecule has 0 saturated carbocycles. The first-order valence-corrected chi connectivity index (χ1v) is 15.4. The van der Waals surface area contributed by atoms with Gasteiger partial charge < -0.3 is 19.8 Å². The van der Waals surface area contributed by atoms with Gasteiger partial charge in [0.05, 0.1) is 23.2 Å². The second-order valence-corrected chi connectivity index (χ2v) is 13.6.